The van der Waals surface area contributed by atoms with Crippen LogP contribution in [0.4, 0.5) is 5.69 Å². The van der Waals surface area contributed by atoms with Gasteiger partial charge in [0.1, 0.15) is 11.5 Å². The Bertz CT molecular complexity index is 3060. The summed E-state index contributed by atoms with van der Waals surface area (Å²) < 4.78 is 29.4. The van der Waals surface area contributed by atoms with E-state index in [2.05, 4.69) is 112 Å². The van der Waals surface area contributed by atoms with Crippen molar-refractivity contribution >= 4 is 5.69 Å². The maximum absolute atomic E-state index is 11.7. The van der Waals surface area contributed by atoms with Crippen LogP contribution in [-0.2, 0) is 9.47 Å². The molecule has 0 saturated carbocycles. The average molecular weight is 958 g/mol. The predicted octanol–water partition coefficient (Wildman–Crippen LogP) is 14.4. The second-order valence-corrected chi connectivity index (χ2v) is 18.9. The second-order valence-electron chi connectivity index (χ2n) is 18.9. The number of hydrogen-bond acceptors (Lipinski definition) is 9. The molecule has 9 nitrogen and oxygen atoms in total. The molecule has 0 aromatic heterocycles. The highest BCUT2D eigenvalue weighted by Crippen LogP contribution is 2.48. The summed E-state index contributed by atoms with van der Waals surface area (Å²) in [7, 11) is 1.59. The first-order chi connectivity index (χ1) is 33.8. The molecule has 0 radical (unpaired) electrons. The van der Waals surface area contributed by atoms with Crippen molar-refractivity contribution in [3.8, 4) is 56.8 Å². The van der Waals surface area contributed by atoms with Gasteiger partial charge in [-0.1, -0.05) is 91.0 Å². The fraction of sp³-hybridized carbons (Fsp3) is 0.323. The van der Waals surface area contributed by atoms with E-state index in [0.29, 0.717) is 41.5 Å². The lowest BCUT2D eigenvalue weighted by Gasteiger charge is -2.28. The topological polar surface area (TPSA) is 133 Å². The summed E-state index contributed by atoms with van der Waals surface area (Å²) in [5.41, 5.74) is 24.6. The normalized spacial score (nSPS) is 13.2. The third-order valence-corrected chi connectivity index (χ3v) is 14.2. The van der Waals surface area contributed by atoms with Crippen LogP contribution in [0.15, 0.2) is 97.1 Å². The number of phenols is 3. The van der Waals surface area contributed by atoms with Crippen molar-refractivity contribution in [1.82, 2.24) is 0 Å². The van der Waals surface area contributed by atoms with Crippen LogP contribution in [0.5, 0.6) is 34.5 Å². The van der Waals surface area contributed by atoms with E-state index in [4.69, 9.17) is 29.4 Å². The molecule has 7 aromatic rings. The van der Waals surface area contributed by atoms with Gasteiger partial charge in [0.15, 0.2) is 35.6 Å². The Balaban J connectivity index is 1.27. The van der Waals surface area contributed by atoms with Gasteiger partial charge in [0.05, 0.1) is 12.8 Å². The van der Waals surface area contributed by atoms with E-state index in [-0.39, 0.29) is 35.4 Å². The number of anilines is 1. The van der Waals surface area contributed by atoms with E-state index in [9.17, 15) is 15.3 Å². The first-order valence-electron chi connectivity index (χ1n) is 24.6. The Kier molecular flexibility index (Phi) is 15.8. The minimum absolute atomic E-state index is 0.0562. The number of methoxy groups -OCH3 is 1. The minimum atomic E-state index is -0.541. The van der Waals surface area contributed by atoms with Crippen molar-refractivity contribution in [2.24, 2.45) is 0 Å². The molecule has 71 heavy (non-hydrogen) atoms. The first kappa shape index (κ1) is 51.9. The largest absolute Gasteiger partial charge is 0.505 e. The van der Waals surface area contributed by atoms with E-state index in [0.717, 1.165) is 100 Å². The molecule has 0 aliphatic heterocycles. The predicted molar refractivity (Wildman–Crippen MR) is 287 cm³/mol. The van der Waals surface area contributed by atoms with E-state index < -0.39 is 6.29 Å². The van der Waals surface area contributed by atoms with Gasteiger partial charge in [0.2, 0.25) is 0 Å². The molecule has 0 fully saturated rings. The van der Waals surface area contributed by atoms with Crippen molar-refractivity contribution in [2.45, 2.75) is 114 Å². The van der Waals surface area contributed by atoms with Gasteiger partial charge in [-0.2, -0.15) is 0 Å². The molecule has 0 bridgehead atoms. The van der Waals surface area contributed by atoms with Crippen molar-refractivity contribution < 1.29 is 39.0 Å². The standard InChI is InChI=1S/C62H71NO8/c1-15-68-42(12)70-60-34(4)29-50(37(7)38(60)8)54(52-30-35(5)61(67-14)58(65)40(52)10)46-24-20-44(21-25-46)48-18-17-19-49(32-48)45-22-26-47(27-23-45)55(51-28-33(3)56(63)57(64)39(51)9)53-31-36(6)62(59(66)41(53)11)71-43(13)69-16-2/h17-32,42-43,54-55,64-66H,15-16,63H2,1-14H3. The van der Waals surface area contributed by atoms with Crippen LogP contribution in [-0.4, -0.2) is 48.2 Å². The molecule has 7 aromatic carbocycles. The van der Waals surface area contributed by atoms with Gasteiger partial charge in [0.25, 0.3) is 0 Å². The lowest BCUT2D eigenvalue weighted by Crippen LogP contribution is -2.18. The number of phenolic OH excluding ortho intramolecular Hbond substituents is 3. The number of rotatable bonds is 17. The van der Waals surface area contributed by atoms with Crippen LogP contribution in [0, 0.1) is 62.3 Å². The zero-order chi connectivity index (χ0) is 51.6. The molecular formula is C62H71NO8. The SMILES string of the molecule is CCOC(C)Oc1c(C)cc(C(c2ccc(-c3cccc(-c4ccc(C(c5cc(C)c(N)c(O)c5C)c5cc(C)c(OC(C)OCC)c(O)c5C)cc4)c3)cc2)c2cc(C)c(OC)c(O)c2C)c(C)c1C. The zero-order valence-electron chi connectivity index (χ0n) is 43.9. The summed E-state index contributed by atoms with van der Waals surface area (Å²) in [4.78, 5) is 0. The monoisotopic (exact) mass is 958 g/mol. The number of aromatic hydroxyl groups is 3. The number of hydrogen-bond donors (Lipinski definition) is 4. The Morgan fingerprint density at radius 2 is 0.817 bits per heavy atom. The van der Waals surface area contributed by atoms with Crippen molar-refractivity contribution in [3.63, 3.8) is 0 Å². The van der Waals surface area contributed by atoms with Crippen LogP contribution < -0.4 is 19.9 Å². The second kappa shape index (κ2) is 21.6. The highest BCUT2D eigenvalue weighted by Gasteiger charge is 2.29. The number of benzene rings is 7. The van der Waals surface area contributed by atoms with Crippen LogP contribution in [0.2, 0.25) is 0 Å². The highest BCUT2D eigenvalue weighted by atomic mass is 16.7. The third-order valence-electron chi connectivity index (χ3n) is 14.2. The molecule has 0 spiro atoms. The number of ether oxygens (including phenoxy) is 5. The van der Waals surface area contributed by atoms with Gasteiger partial charge in [0, 0.05) is 25.0 Å². The summed E-state index contributed by atoms with van der Waals surface area (Å²) in [5, 5.41) is 34.4. The fourth-order valence-electron chi connectivity index (χ4n) is 10.2. The molecule has 9 heteroatoms. The van der Waals surface area contributed by atoms with Crippen LogP contribution in [0.25, 0.3) is 22.3 Å². The lowest BCUT2D eigenvalue weighted by atomic mass is 9.78. The number of aryl methyl sites for hydroxylation is 4. The van der Waals surface area contributed by atoms with E-state index in [1.165, 1.54) is 0 Å². The maximum atomic E-state index is 11.7. The fourth-order valence-corrected chi connectivity index (χ4v) is 10.2. The van der Waals surface area contributed by atoms with E-state index in [1.54, 1.807) is 7.11 Å². The van der Waals surface area contributed by atoms with Crippen molar-refractivity contribution in [1.29, 1.82) is 0 Å². The molecule has 7 rings (SSSR count). The molecule has 5 N–H and O–H groups in total. The summed E-state index contributed by atoms with van der Waals surface area (Å²) in [6.07, 6.45) is -0.929. The molecule has 0 heterocycles. The molecular weight excluding hydrogens is 887 g/mol. The van der Waals surface area contributed by atoms with E-state index >= 15 is 0 Å². The van der Waals surface area contributed by atoms with Crippen molar-refractivity contribution in [3.05, 3.63) is 181 Å². The van der Waals surface area contributed by atoms with Gasteiger partial charge in [-0.25, -0.2) is 0 Å². The molecule has 0 saturated heterocycles. The molecule has 4 unspecified atom stereocenters. The third kappa shape index (κ3) is 10.3. The molecule has 4 atom stereocenters. The molecule has 0 aliphatic carbocycles. The Hall–Kier alpha value is -6.94. The van der Waals surface area contributed by atoms with Crippen LogP contribution in [0.1, 0.15) is 123 Å². The summed E-state index contributed by atoms with van der Waals surface area (Å²) >= 11 is 0. The lowest BCUT2D eigenvalue weighted by molar-refractivity contribution is -0.0628. The Morgan fingerprint density at radius 1 is 0.437 bits per heavy atom. The smallest absolute Gasteiger partial charge is 0.197 e. The number of nitrogens with two attached hydrogens (primary N) is 1. The van der Waals surface area contributed by atoms with Crippen LogP contribution in [0.3, 0.4) is 0 Å². The Labute approximate surface area is 420 Å². The van der Waals surface area contributed by atoms with Crippen molar-refractivity contribution in [2.75, 3.05) is 26.1 Å². The van der Waals surface area contributed by atoms with E-state index in [1.807, 2.05) is 75.3 Å². The average Bonchev–Trinajstić information content (AvgIpc) is 3.35. The highest BCUT2D eigenvalue weighted by molar-refractivity contribution is 5.75. The number of nitrogen functional groups attached to an aromatic ring is 1. The first-order valence-corrected chi connectivity index (χ1v) is 24.6. The van der Waals surface area contributed by atoms with Crippen LogP contribution >= 0.6 is 0 Å². The minimum Gasteiger partial charge on any atom is -0.505 e. The molecule has 372 valence electrons. The molecule has 0 aliphatic rings. The van der Waals surface area contributed by atoms with Gasteiger partial charge in [-0.05, 0) is 202 Å². The van der Waals surface area contributed by atoms with Gasteiger partial charge in [-0.15, -0.1) is 0 Å². The summed E-state index contributed by atoms with van der Waals surface area (Å²) in [6.45, 7) is 26.5. The maximum Gasteiger partial charge on any atom is 0.197 e. The summed E-state index contributed by atoms with van der Waals surface area (Å²) in [5.74, 6) is 1.39. The quantitative estimate of drug-likeness (QED) is 0.0305. The summed E-state index contributed by atoms with van der Waals surface area (Å²) in [6, 6.07) is 34.3. The van der Waals surface area contributed by atoms with Gasteiger partial charge in [-0.3, -0.25) is 0 Å². The zero-order valence-corrected chi connectivity index (χ0v) is 43.9. The van der Waals surface area contributed by atoms with Gasteiger partial charge < -0.3 is 44.7 Å². The molecule has 0 amide bonds. The Morgan fingerprint density at radius 3 is 1.27 bits per heavy atom. The van der Waals surface area contributed by atoms with Gasteiger partial charge >= 0.3 is 0 Å².